The molecule has 1 aliphatic rings. The second kappa shape index (κ2) is 10.7. The molecule has 2 aromatic rings. The van der Waals surface area contributed by atoms with Crippen LogP contribution in [0.15, 0.2) is 35.3 Å². The van der Waals surface area contributed by atoms with E-state index in [1.54, 1.807) is 0 Å². The summed E-state index contributed by atoms with van der Waals surface area (Å²) in [6, 6.07) is 10.8. The third kappa shape index (κ3) is 5.86. The average Bonchev–Trinajstić information content (AvgIpc) is 3.27. The van der Waals surface area contributed by atoms with Crippen molar-refractivity contribution in [2.75, 3.05) is 26.2 Å². The molecule has 1 saturated heterocycles. The van der Waals surface area contributed by atoms with Gasteiger partial charge in [-0.15, -0.1) is 24.0 Å². The number of carbonyl (C=O) groups excluding carboxylic acids is 1. The number of hydrogen-bond donors (Lipinski definition) is 3. The summed E-state index contributed by atoms with van der Waals surface area (Å²) in [5, 5.41) is 8.04. The maximum absolute atomic E-state index is 12.2. The van der Waals surface area contributed by atoms with Crippen molar-refractivity contribution in [1.82, 2.24) is 20.5 Å². The molecule has 28 heavy (non-hydrogen) atoms. The van der Waals surface area contributed by atoms with Gasteiger partial charge in [-0.3, -0.25) is 9.79 Å². The number of H-pyrrole nitrogens is 1. The van der Waals surface area contributed by atoms with Gasteiger partial charge in [0.15, 0.2) is 5.96 Å². The van der Waals surface area contributed by atoms with Crippen molar-refractivity contribution in [1.29, 1.82) is 0 Å². The average molecular weight is 497 g/mol. The van der Waals surface area contributed by atoms with E-state index >= 15 is 0 Å². The van der Waals surface area contributed by atoms with Crippen LogP contribution in [0.25, 0.3) is 10.9 Å². The number of likely N-dealkylation sites (tertiary alicyclic amines) is 1. The van der Waals surface area contributed by atoms with E-state index in [-0.39, 0.29) is 41.8 Å². The van der Waals surface area contributed by atoms with Crippen LogP contribution in [0, 0.1) is 5.92 Å². The summed E-state index contributed by atoms with van der Waals surface area (Å²) < 4.78 is 0. The Morgan fingerprint density at radius 3 is 2.86 bits per heavy atom. The summed E-state index contributed by atoms with van der Waals surface area (Å²) in [4.78, 5) is 22.3. The number of hydrogen-bond acceptors (Lipinski definition) is 2. The minimum Gasteiger partial charge on any atom is -0.358 e. The summed E-state index contributed by atoms with van der Waals surface area (Å²) in [5.41, 5.74) is 2.37. The van der Waals surface area contributed by atoms with Gasteiger partial charge in [0.2, 0.25) is 5.91 Å². The molecule has 1 fully saturated rings. The largest absolute Gasteiger partial charge is 0.358 e. The van der Waals surface area contributed by atoms with Gasteiger partial charge in [0.25, 0.3) is 0 Å². The predicted molar refractivity (Wildman–Crippen MR) is 126 cm³/mol. The van der Waals surface area contributed by atoms with Gasteiger partial charge in [0.1, 0.15) is 0 Å². The Morgan fingerprint density at radius 2 is 2.14 bits per heavy atom. The number of rotatable bonds is 6. The summed E-state index contributed by atoms with van der Waals surface area (Å²) in [6.07, 6.45) is 1.83. The standard InChI is InChI=1S/C21H31N5O.HI/c1-4-22-21(25-18-10-12-26(14-18)20(27)15(2)3)23-11-9-17-13-16-7-5-6-8-19(16)24-17;/h5-8,13,15,18,24H,4,9-12,14H2,1-3H3,(H2,22,23,25);1H. The van der Waals surface area contributed by atoms with Crippen molar-refractivity contribution >= 4 is 46.7 Å². The summed E-state index contributed by atoms with van der Waals surface area (Å²) >= 11 is 0. The summed E-state index contributed by atoms with van der Waals surface area (Å²) in [5.74, 6) is 1.12. The van der Waals surface area contributed by atoms with Crippen molar-refractivity contribution in [3.05, 3.63) is 36.0 Å². The third-order valence-electron chi connectivity index (χ3n) is 4.92. The van der Waals surface area contributed by atoms with Crippen molar-refractivity contribution < 1.29 is 4.79 Å². The molecule has 2 heterocycles. The SMILES string of the molecule is CCNC(=NCCc1cc2ccccc2[nH]1)NC1CCN(C(=O)C(C)C)C1.I. The Labute approximate surface area is 184 Å². The van der Waals surface area contributed by atoms with E-state index in [0.717, 1.165) is 38.4 Å². The van der Waals surface area contributed by atoms with Gasteiger partial charge in [-0.2, -0.15) is 0 Å². The molecule has 0 radical (unpaired) electrons. The zero-order chi connectivity index (χ0) is 19.2. The smallest absolute Gasteiger partial charge is 0.225 e. The maximum atomic E-state index is 12.2. The fourth-order valence-corrected chi connectivity index (χ4v) is 3.51. The zero-order valence-electron chi connectivity index (χ0n) is 17.0. The van der Waals surface area contributed by atoms with E-state index in [9.17, 15) is 4.79 Å². The van der Waals surface area contributed by atoms with Crippen LogP contribution in [0.2, 0.25) is 0 Å². The fraction of sp³-hybridized carbons (Fsp3) is 0.524. The van der Waals surface area contributed by atoms with Gasteiger partial charge < -0.3 is 20.5 Å². The van der Waals surface area contributed by atoms with E-state index in [0.29, 0.717) is 6.54 Å². The van der Waals surface area contributed by atoms with Gasteiger partial charge in [0, 0.05) is 55.8 Å². The molecule has 1 aromatic carbocycles. The molecule has 1 atom stereocenters. The van der Waals surface area contributed by atoms with Crippen LogP contribution in [0.4, 0.5) is 0 Å². The number of benzene rings is 1. The number of amides is 1. The number of para-hydroxylation sites is 1. The predicted octanol–water partition coefficient (Wildman–Crippen LogP) is 3.14. The van der Waals surface area contributed by atoms with Crippen molar-refractivity contribution in [3.8, 4) is 0 Å². The molecule has 3 N–H and O–H groups in total. The van der Waals surface area contributed by atoms with Crippen molar-refractivity contribution in [2.45, 2.75) is 39.7 Å². The van der Waals surface area contributed by atoms with Crippen LogP contribution in [-0.2, 0) is 11.2 Å². The zero-order valence-corrected chi connectivity index (χ0v) is 19.3. The number of nitrogens with zero attached hydrogens (tertiary/aromatic N) is 2. The second-order valence-corrected chi connectivity index (χ2v) is 7.46. The van der Waals surface area contributed by atoms with Gasteiger partial charge >= 0.3 is 0 Å². The lowest BCUT2D eigenvalue weighted by Gasteiger charge is -2.20. The third-order valence-corrected chi connectivity index (χ3v) is 4.92. The van der Waals surface area contributed by atoms with Gasteiger partial charge in [-0.1, -0.05) is 32.0 Å². The minimum atomic E-state index is 0. The van der Waals surface area contributed by atoms with Crippen LogP contribution in [0.1, 0.15) is 32.9 Å². The molecule has 154 valence electrons. The van der Waals surface area contributed by atoms with E-state index in [1.165, 1.54) is 16.6 Å². The normalized spacial score (nSPS) is 17.1. The summed E-state index contributed by atoms with van der Waals surface area (Å²) in [7, 11) is 0. The molecule has 6 nitrogen and oxygen atoms in total. The second-order valence-electron chi connectivity index (χ2n) is 7.46. The van der Waals surface area contributed by atoms with Crippen molar-refractivity contribution in [3.63, 3.8) is 0 Å². The van der Waals surface area contributed by atoms with Crippen LogP contribution in [-0.4, -0.2) is 54.0 Å². The van der Waals surface area contributed by atoms with Gasteiger partial charge in [-0.05, 0) is 30.9 Å². The van der Waals surface area contributed by atoms with Crippen LogP contribution < -0.4 is 10.6 Å². The van der Waals surface area contributed by atoms with E-state index < -0.39 is 0 Å². The molecule has 0 bridgehead atoms. The van der Waals surface area contributed by atoms with Gasteiger partial charge in [0.05, 0.1) is 0 Å². The molecule has 1 aromatic heterocycles. The number of aromatic amines is 1. The fourth-order valence-electron chi connectivity index (χ4n) is 3.51. The van der Waals surface area contributed by atoms with Gasteiger partial charge in [-0.25, -0.2) is 0 Å². The molecular formula is C21H32IN5O. The van der Waals surface area contributed by atoms with Crippen molar-refractivity contribution in [2.24, 2.45) is 10.9 Å². The van der Waals surface area contributed by atoms with Crippen LogP contribution in [0.3, 0.4) is 0 Å². The monoisotopic (exact) mass is 497 g/mol. The first-order valence-electron chi connectivity index (χ1n) is 9.97. The molecule has 1 amide bonds. The Hall–Kier alpha value is -1.77. The molecule has 3 rings (SSSR count). The number of guanidine groups is 1. The number of carbonyl (C=O) groups is 1. The Balaban J connectivity index is 0.00000280. The first-order valence-corrected chi connectivity index (χ1v) is 9.97. The molecule has 0 aliphatic carbocycles. The highest BCUT2D eigenvalue weighted by Gasteiger charge is 2.27. The number of fused-ring (bicyclic) bond motifs is 1. The lowest BCUT2D eigenvalue weighted by molar-refractivity contribution is -0.133. The number of aliphatic imine (C=N–C) groups is 1. The maximum Gasteiger partial charge on any atom is 0.225 e. The number of halogens is 1. The lowest BCUT2D eigenvalue weighted by Crippen LogP contribution is -2.45. The molecule has 1 aliphatic heterocycles. The number of aromatic nitrogens is 1. The Kier molecular flexibility index (Phi) is 8.59. The lowest BCUT2D eigenvalue weighted by atomic mass is 10.2. The highest BCUT2D eigenvalue weighted by Crippen LogP contribution is 2.15. The molecule has 7 heteroatoms. The number of nitrogens with one attached hydrogen (secondary N) is 3. The quantitative estimate of drug-likeness (QED) is 0.326. The highest BCUT2D eigenvalue weighted by molar-refractivity contribution is 14.0. The van der Waals surface area contributed by atoms with E-state index in [1.807, 2.05) is 24.8 Å². The summed E-state index contributed by atoms with van der Waals surface area (Å²) in [6.45, 7) is 9.09. The Morgan fingerprint density at radius 1 is 1.36 bits per heavy atom. The topological polar surface area (TPSA) is 72.5 Å². The first-order chi connectivity index (χ1) is 13.1. The molecule has 0 spiro atoms. The first kappa shape index (κ1) is 22.5. The molecule has 0 saturated carbocycles. The minimum absolute atomic E-state index is 0. The highest BCUT2D eigenvalue weighted by atomic mass is 127. The molecule has 1 unspecified atom stereocenters. The van der Waals surface area contributed by atoms with E-state index in [2.05, 4.69) is 46.8 Å². The van der Waals surface area contributed by atoms with Crippen LogP contribution >= 0.6 is 24.0 Å². The molecular weight excluding hydrogens is 465 g/mol. The Bertz CT molecular complexity index is 768. The van der Waals surface area contributed by atoms with E-state index in [4.69, 9.17) is 4.99 Å². The van der Waals surface area contributed by atoms with Crippen LogP contribution in [0.5, 0.6) is 0 Å².